The maximum absolute atomic E-state index is 12.2. The van der Waals surface area contributed by atoms with E-state index in [1.165, 1.54) is 24.3 Å². The molecule has 84 valence electrons. The van der Waals surface area contributed by atoms with Crippen LogP contribution in [0.1, 0.15) is 18.5 Å². The predicted octanol–water partition coefficient (Wildman–Crippen LogP) is 2.65. The zero-order valence-electron chi connectivity index (χ0n) is 8.21. The summed E-state index contributed by atoms with van der Waals surface area (Å²) < 4.78 is 41.8. The molecule has 1 rings (SSSR count). The topological polar surface area (TPSA) is 35.2 Å². The van der Waals surface area contributed by atoms with E-state index >= 15 is 0 Å². The molecule has 1 atom stereocenters. The van der Waals surface area contributed by atoms with Crippen molar-refractivity contribution in [3.63, 3.8) is 0 Å². The Morgan fingerprint density at radius 3 is 2.20 bits per heavy atom. The first-order chi connectivity index (χ1) is 6.95. The van der Waals surface area contributed by atoms with Crippen molar-refractivity contribution in [1.82, 2.24) is 0 Å². The summed E-state index contributed by atoms with van der Waals surface area (Å²) in [5.74, 6) is 0.538. The number of hydrogen-bond acceptors (Lipinski definition) is 2. The van der Waals surface area contributed by atoms with Crippen LogP contribution in [-0.2, 0) is 0 Å². The van der Waals surface area contributed by atoms with E-state index in [9.17, 15) is 13.2 Å². The van der Waals surface area contributed by atoms with Gasteiger partial charge in [-0.3, -0.25) is 0 Å². The molecule has 0 radical (unpaired) electrons. The maximum atomic E-state index is 12.2. The van der Waals surface area contributed by atoms with Gasteiger partial charge in [0.25, 0.3) is 0 Å². The Kier molecular flexibility index (Phi) is 3.57. The van der Waals surface area contributed by atoms with Crippen LogP contribution in [0.2, 0.25) is 0 Å². The molecule has 1 aromatic carbocycles. The van der Waals surface area contributed by atoms with Crippen LogP contribution in [-0.4, -0.2) is 12.8 Å². The van der Waals surface area contributed by atoms with Gasteiger partial charge in [-0.1, -0.05) is 12.1 Å². The van der Waals surface area contributed by atoms with Gasteiger partial charge in [-0.15, -0.1) is 0 Å². The Morgan fingerprint density at radius 2 is 1.80 bits per heavy atom. The minimum absolute atomic E-state index is 0.0333. The molecule has 0 saturated carbocycles. The fourth-order valence-corrected chi connectivity index (χ4v) is 1.13. The van der Waals surface area contributed by atoms with Crippen molar-refractivity contribution in [1.29, 1.82) is 0 Å². The molecule has 0 aromatic heterocycles. The molecule has 0 heterocycles. The zero-order chi connectivity index (χ0) is 11.5. The molecule has 0 amide bonds. The van der Waals surface area contributed by atoms with Gasteiger partial charge in [0.15, 0.2) is 0 Å². The molecule has 0 bridgehead atoms. The second-order valence-corrected chi connectivity index (χ2v) is 3.02. The lowest BCUT2D eigenvalue weighted by Crippen LogP contribution is -2.28. The molecule has 1 aromatic rings. The first-order valence-electron chi connectivity index (χ1n) is 4.50. The third-order valence-electron chi connectivity index (χ3n) is 1.90. The van der Waals surface area contributed by atoms with E-state index < -0.39 is 12.2 Å². The van der Waals surface area contributed by atoms with Crippen molar-refractivity contribution in [2.45, 2.75) is 19.1 Å². The SMILES string of the molecule is CCOc1ccc(C(N)C(F)(F)F)cc1. The van der Waals surface area contributed by atoms with Crippen LogP contribution < -0.4 is 10.5 Å². The van der Waals surface area contributed by atoms with Crippen LogP contribution in [0.5, 0.6) is 5.75 Å². The van der Waals surface area contributed by atoms with Gasteiger partial charge in [-0.05, 0) is 24.6 Å². The van der Waals surface area contributed by atoms with E-state index in [2.05, 4.69) is 0 Å². The minimum Gasteiger partial charge on any atom is -0.494 e. The highest BCUT2D eigenvalue weighted by atomic mass is 19.4. The lowest BCUT2D eigenvalue weighted by Gasteiger charge is -2.16. The Labute approximate surface area is 85.8 Å². The molecule has 2 N–H and O–H groups in total. The summed E-state index contributed by atoms with van der Waals surface area (Å²) in [7, 11) is 0. The summed E-state index contributed by atoms with van der Waals surface area (Å²) in [6.07, 6.45) is -4.41. The summed E-state index contributed by atoms with van der Waals surface area (Å²) in [5.41, 5.74) is 5.06. The monoisotopic (exact) mass is 219 g/mol. The summed E-state index contributed by atoms with van der Waals surface area (Å²) >= 11 is 0. The largest absolute Gasteiger partial charge is 0.494 e. The highest BCUT2D eigenvalue weighted by Gasteiger charge is 2.37. The number of rotatable bonds is 3. The molecule has 0 aliphatic heterocycles. The maximum Gasteiger partial charge on any atom is 0.407 e. The average Bonchev–Trinajstić information content (AvgIpc) is 2.17. The van der Waals surface area contributed by atoms with Crippen LogP contribution in [0, 0.1) is 0 Å². The molecule has 0 spiro atoms. The second-order valence-electron chi connectivity index (χ2n) is 3.02. The smallest absolute Gasteiger partial charge is 0.407 e. The van der Waals surface area contributed by atoms with Crippen LogP contribution in [0.15, 0.2) is 24.3 Å². The highest BCUT2D eigenvalue weighted by molar-refractivity contribution is 5.29. The van der Waals surface area contributed by atoms with Crippen molar-refractivity contribution in [2.24, 2.45) is 5.73 Å². The Balaban J connectivity index is 2.80. The third kappa shape index (κ3) is 3.13. The van der Waals surface area contributed by atoms with Crippen molar-refractivity contribution in [2.75, 3.05) is 6.61 Å². The number of halogens is 3. The molecular weight excluding hydrogens is 207 g/mol. The van der Waals surface area contributed by atoms with E-state index in [0.717, 1.165) is 0 Å². The first-order valence-corrected chi connectivity index (χ1v) is 4.50. The standard InChI is InChI=1S/C10H12F3NO/c1-2-15-8-5-3-7(4-6-8)9(14)10(11,12)13/h3-6,9H,2,14H2,1H3. The van der Waals surface area contributed by atoms with Gasteiger partial charge in [0.2, 0.25) is 0 Å². The van der Waals surface area contributed by atoms with Crippen molar-refractivity contribution in [3.8, 4) is 5.75 Å². The molecule has 0 aliphatic rings. The Bertz CT molecular complexity index is 307. The summed E-state index contributed by atoms with van der Waals surface area (Å²) in [6.45, 7) is 2.28. The van der Waals surface area contributed by atoms with Crippen molar-refractivity contribution in [3.05, 3.63) is 29.8 Å². The molecular formula is C10H12F3NO. The fraction of sp³-hybridized carbons (Fsp3) is 0.400. The normalized spacial score (nSPS) is 13.7. The van der Waals surface area contributed by atoms with Gasteiger partial charge >= 0.3 is 6.18 Å². The summed E-state index contributed by atoms with van der Waals surface area (Å²) in [6, 6.07) is 3.66. The fourth-order valence-electron chi connectivity index (χ4n) is 1.13. The first kappa shape index (κ1) is 11.8. The number of ether oxygens (including phenoxy) is 1. The Hall–Kier alpha value is -1.23. The molecule has 0 aliphatic carbocycles. The number of hydrogen-bond donors (Lipinski definition) is 1. The molecule has 1 unspecified atom stereocenters. The lowest BCUT2D eigenvalue weighted by atomic mass is 10.1. The number of alkyl halides is 3. The van der Waals surface area contributed by atoms with E-state index in [0.29, 0.717) is 12.4 Å². The van der Waals surface area contributed by atoms with Gasteiger partial charge in [-0.25, -0.2) is 0 Å². The lowest BCUT2D eigenvalue weighted by molar-refractivity contribution is -0.149. The van der Waals surface area contributed by atoms with Gasteiger partial charge in [0.1, 0.15) is 11.8 Å². The van der Waals surface area contributed by atoms with Gasteiger partial charge in [-0.2, -0.15) is 13.2 Å². The quantitative estimate of drug-likeness (QED) is 0.848. The molecule has 0 saturated heterocycles. The molecule has 5 heteroatoms. The van der Waals surface area contributed by atoms with Crippen molar-refractivity contribution < 1.29 is 17.9 Å². The van der Waals surface area contributed by atoms with Gasteiger partial charge in [0.05, 0.1) is 6.61 Å². The number of nitrogens with two attached hydrogens (primary N) is 1. The van der Waals surface area contributed by atoms with Crippen LogP contribution in [0.3, 0.4) is 0 Å². The third-order valence-corrected chi connectivity index (χ3v) is 1.90. The second kappa shape index (κ2) is 4.53. The summed E-state index contributed by atoms with van der Waals surface area (Å²) in [5, 5.41) is 0. The predicted molar refractivity (Wildman–Crippen MR) is 50.6 cm³/mol. The molecule has 2 nitrogen and oxygen atoms in total. The van der Waals surface area contributed by atoms with E-state index in [1.807, 2.05) is 0 Å². The Morgan fingerprint density at radius 1 is 1.27 bits per heavy atom. The van der Waals surface area contributed by atoms with E-state index in [1.54, 1.807) is 6.92 Å². The molecule has 0 fully saturated rings. The van der Waals surface area contributed by atoms with E-state index in [4.69, 9.17) is 10.5 Å². The minimum atomic E-state index is -4.41. The number of benzene rings is 1. The van der Waals surface area contributed by atoms with Crippen LogP contribution >= 0.6 is 0 Å². The van der Waals surface area contributed by atoms with Crippen molar-refractivity contribution >= 4 is 0 Å². The summed E-state index contributed by atoms with van der Waals surface area (Å²) in [4.78, 5) is 0. The van der Waals surface area contributed by atoms with Gasteiger partial charge in [0, 0.05) is 0 Å². The molecule has 15 heavy (non-hydrogen) atoms. The average molecular weight is 219 g/mol. The van der Waals surface area contributed by atoms with E-state index in [-0.39, 0.29) is 5.56 Å². The van der Waals surface area contributed by atoms with Crippen LogP contribution in [0.25, 0.3) is 0 Å². The van der Waals surface area contributed by atoms with Crippen LogP contribution in [0.4, 0.5) is 13.2 Å². The zero-order valence-corrected chi connectivity index (χ0v) is 8.21. The van der Waals surface area contributed by atoms with Gasteiger partial charge < -0.3 is 10.5 Å². The highest BCUT2D eigenvalue weighted by Crippen LogP contribution is 2.30.